The number of amides is 2. The molecule has 2 amide bonds. The minimum Gasteiger partial charge on any atom is -0.476 e. The zero-order chi connectivity index (χ0) is 21.3. The van der Waals surface area contributed by atoms with Crippen LogP contribution in [0.4, 0.5) is 5.69 Å². The number of carbonyl (C=O) groups is 2. The molecule has 4 rings (SSSR count). The predicted octanol–water partition coefficient (Wildman–Crippen LogP) is 3.25. The highest BCUT2D eigenvalue weighted by molar-refractivity contribution is 6.08. The summed E-state index contributed by atoms with van der Waals surface area (Å²) in [5, 5.41) is 0. The molecule has 30 heavy (non-hydrogen) atoms. The molecular formula is C24H28N2O4. The molecule has 1 fully saturated rings. The number of para-hydroxylation sites is 2. The summed E-state index contributed by atoms with van der Waals surface area (Å²) in [7, 11) is 0. The van der Waals surface area contributed by atoms with Crippen LogP contribution in [0.1, 0.15) is 36.7 Å². The summed E-state index contributed by atoms with van der Waals surface area (Å²) < 4.78 is 11.3. The SMILES string of the molecule is CC(C)(C)c1ccc(C(=O)N2CC(C(=O)N3CCOCC3)Oc3ccccc32)cc1. The van der Waals surface area contributed by atoms with Crippen molar-refractivity contribution in [2.45, 2.75) is 32.3 Å². The summed E-state index contributed by atoms with van der Waals surface area (Å²) in [5.74, 6) is 0.315. The fourth-order valence-electron chi connectivity index (χ4n) is 3.81. The predicted molar refractivity (Wildman–Crippen MR) is 115 cm³/mol. The second-order valence-corrected chi connectivity index (χ2v) is 8.75. The number of benzene rings is 2. The van der Waals surface area contributed by atoms with Crippen LogP contribution in [0.25, 0.3) is 0 Å². The Kier molecular flexibility index (Phi) is 5.52. The standard InChI is InChI=1S/C24H28N2O4/c1-24(2,3)18-10-8-17(9-11-18)22(27)26-16-21(23(28)25-12-14-29-15-13-25)30-20-7-5-4-6-19(20)26/h4-11,21H,12-16H2,1-3H3. The second-order valence-electron chi connectivity index (χ2n) is 8.75. The third kappa shape index (κ3) is 4.05. The Balaban J connectivity index is 1.60. The van der Waals surface area contributed by atoms with Crippen LogP contribution in [0.3, 0.4) is 0 Å². The topological polar surface area (TPSA) is 59.1 Å². The number of carbonyl (C=O) groups excluding carboxylic acids is 2. The number of ether oxygens (including phenoxy) is 2. The maximum absolute atomic E-state index is 13.4. The lowest BCUT2D eigenvalue weighted by molar-refractivity contribution is -0.142. The maximum Gasteiger partial charge on any atom is 0.265 e. The molecule has 0 aliphatic carbocycles. The first-order valence-electron chi connectivity index (χ1n) is 10.4. The van der Waals surface area contributed by atoms with Crippen molar-refractivity contribution in [3.63, 3.8) is 0 Å². The van der Waals surface area contributed by atoms with E-state index in [0.29, 0.717) is 43.3 Å². The summed E-state index contributed by atoms with van der Waals surface area (Å²) >= 11 is 0. The van der Waals surface area contributed by atoms with Gasteiger partial charge in [-0.05, 0) is 35.2 Å². The molecule has 0 radical (unpaired) electrons. The molecule has 2 aliphatic heterocycles. The molecule has 1 saturated heterocycles. The zero-order valence-corrected chi connectivity index (χ0v) is 17.8. The van der Waals surface area contributed by atoms with E-state index in [2.05, 4.69) is 20.8 Å². The fraction of sp³-hybridized carbons (Fsp3) is 0.417. The first kappa shape index (κ1) is 20.4. The van der Waals surface area contributed by atoms with Crippen molar-refractivity contribution < 1.29 is 19.1 Å². The number of fused-ring (bicyclic) bond motifs is 1. The van der Waals surface area contributed by atoms with Gasteiger partial charge in [0.1, 0.15) is 5.75 Å². The van der Waals surface area contributed by atoms with E-state index < -0.39 is 6.10 Å². The lowest BCUT2D eigenvalue weighted by Gasteiger charge is -2.37. The van der Waals surface area contributed by atoms with Crippen molar-refractivity contribution in [3.05, 3.63) is 59.7 Å². The van der Waals surface area contributed by atoms with Gasteiger partial charge in [0.25, 0.3) is 11.8 Å². The Labute approximate surface area is 177 Å². The molecule has 2 aliphatic rings. The molecule has 0 spiro atoms. The van der Waals surface area contributed by atoms with Crippen LogP contribution in [-0.2, 0) is 14.9 Å². The molecule has 2 aromatic carbocycles. The molecule has 2 heterocycles. The summed E-state index contributed by atoms with van der Waals surface area (Å²) in [6.07, 6.45) is -0.726. The largest absolute Gasteiger partial charge is 0.476 e. The minimum absolute atomic E-state index is 0.0167. The quantitative estimate of drug-likeness (QED) is 0.765. The van der Waals surface area contributed by atoms with Gasteiger partial charge < -0.3 is 19.3 Å². The van der Waals surface area contributed by atoms with Crippen LogP contribution < -0.4 is 9.64 Å². The van der Waals surface area contributed by atoms with Gasteiger partial charge in [0.2, 0.25) is 0 Å². The number of nitrogens with zero attached hydrogens (tertiary/aromatic N) is 2. The van der Waals surface area contributed by atoms with Crippen molar-refractivity contribution >= 4 is 17.5 Å². The van der Waals surface area contributed by atoms with E-state index in [1.165, 1.54) is 5.56 Å². The molecule has 0 aromatic heterocycles. The van der Waals surface area contributed by atoms with Gasteiger partial charge in [0, 0.05) is 18.7 Å². The van der Waals surface area contributed by atoms with E-state index in [9.17, 15) is 9.59 Å². The van der Waals surface area contributed by atoms with Gasteiger partial charge in [-0.1, -0.05) is 45.0 Å². The molecule has 6 heteroatoms. The van der Waals surface area contributed by atoms with Crippen molar-refractivity contribution in [1.29, 1.82) is 0 Å². The maximum atomic E-state index is 13.4. The first-order chi connectivity index (χ1) is 14.3. The van der Waals surface area contributed by atoms with Gasteiger partial charge in [0.15, 0.2) is 6.10 Å². The Morgan fingerprint density at radius 2 is 1.63 bits per heavy atom. The molecule has 0 bridgehead atoms. The first-order valence-corrected chi connectivity index (χ1v) is 10.4. The van der Waals surface area contributed by atoms with Crippen LogP contribution in [0.2, 0.25) is 0 Å². The monoisotopic (exact) mass is 408 g/mol. The van der Waals surface area contributed by atoms with E-state index in [1.807, 2.05) is 42.5 Å². The Morgan fingerprint density at radius 3 is 2.30 bits per heavy atom. The van der Waals surface area contributed by atoms with E-state index in [4.69, 9.17) is 9.47 Å². The van der Waals surface area contributed by atoms with E-state index in [-0.39, 0.29) is 23.8 Å². The molecule has 0 N–H and O–H groups in total. The minimum atomic E-state index is -0.726. The van der Waals surface area contributed by atoms with Crippen molar-refractivity contribution in [3.8, 4) is 5.75 Å². The lowest BCUT2D eigenvalue weighted by atomic mass is 9.86. The highest BCUT2D eigenvalue weighted by Crippen LogP contribution is 2.35. The smallest absolute Gasteiger partial charge is 0.265 e. The van der Waals surface area contributed by atoms with Crippen LogP contribution in [0.15, 0.2) is 48.5 Å². The average Bonchev–Trinajstić information content (AvgIpc) is 2.77. The van der Waals surface area contributed by atoms with Gasteiger partial charge in [-0.25, -0.2) is 0 Å². The van der Waals surface area contributed by atoms with Crippen LogP contribution in [0, 0.1) is 0 Å². The third-order valence-electron chi connectivity index (χ3n) is 5.61. The highest BCUT2D eigenvalue weighted by Gasteiger charge is 2.36. The fourth-order valence-corrected chi connectivity index (χ4v) is 3.81. The van der Waals surface area contributed by atoms with E-state index in [0.717, 1.165) is 0 Å². The number of hydrogen-bond donors (Lipinski definition) is 0. The summed E-state index contributed by atoms with van der Waals surface area (Å²) in [4.78, 5) is 29.8. The normalized spacial score (nSPS) is 19.1. The van der Waals surface area contributed by atoms with Gasteiger partial charge in [0.05, 0.1) is 25.4 Å². The molecule has 2 aromatic rings. The molecular weight excluding hydrogens is 380 g/mol. The van der Waals surface area contributed by atoms with E-state index >= 15 is 0 Å². The summed E-state index contributed by atoms with van der Waals surface area (Å²) in [5.41, 5.74) is 2.47. The van der Waals surface area contributed by atoms with Gasteiger partial charge in [-0.3, -0.25) is 9.59 Å². The zero-order valence-electron chi connectivity index (χ0n) is 17.8. The molecule has 1 unspecified atom stereocenters. The van der Waals surface area contributed by atoms with Crippen LogP contribution in [-0.4, -0.2) is 55.7 Å². The summed E-state index contributed by atoms with van der Waals surface area (Å²) in [6.45, 7) is 8.76. The molecule has 1 atom stereocenters. The Hall–Kier alpha value is -2.86. The number of morpholine rings is 1. The number of hydrogen-bond acceptors (Lipinski definition) is 4. The Bertz CT molecular complexity index is 927. The van der Waals surface area contributed by atoms with Gasteiger partial charge in [-0.15, -0.1) is 0 Å². The van der Waals surface area contributed by atoms with Crippen molar-refractivity contribution in [2.24, 2.45) is 0 Å². The Morgan fingerprint density at radius 1 is 0.967 bits per heavy atom. The van der Waals surface area contributed by atoms with E-state index in [1.54, 1.807) is 15.9 Å². The van der Waals surface area contributed by atoms with Crippen molar-refractivity contribution in [1.82, 2.24) is 4.90 Å². The molecule has 158 valence electrons. The van der Waals surface area contributed by atoms with Gasteiger partial charge in [-0.2, -0.15) is 0 Å². The number of rotatable bonds is 2. The summed E-state index contributed by atoms with van der Waals surface area (Å²) in [6, 6.07) is 15.1. The van der Waals surface area contributed by atoms with Gasteiger partial charge >= 0.3 is 0 Å². The van der Waals surface area contributed by atoms with Crippen LogP contribution in [0.5, 0.6) is 5.75 Å². The molecule has 6 nitrogen and oxygen atoms in total. The van der Waals surface area contributed by atoms with Crippen LogP contribution >= 0.6 is 0 Å². The second kappa shape index (κ2) is 8.11. The third-order valence-corrected chi connectivity index (χ3v) is 5.61. The van der Waals surface area contributed by atoms with Crippen molar-refractivity contribution in [2.75, 3.05) is 37.7 Å². The highest BCUT2D eigenvalue weighted by atomic mass is 16.5. The average molecular weight is 408 g/mol. The number of anilines is 1. The molecule has 0 saturated carbocycles. The lowest BCUT2D eigenvalue weighted by Crippen LogP contribution is -2.54.